The topological polar surface area (TPSA) is 37.3 Å². The number of ketones is 1. The van der Waals surface area contributed by atoms with Crippen molar-refractivity contribution in [3.05, 3.63) is 77.6 Å². The second-order valence-electron chi connectivity index (χ2n) is 4.21. The van der Waals surface area contributed by atoms with E-state index in [-0.39, 0.29) is 17.3 Å². The monoisotopic (exact) mass is 268 g/mol. The van der Waals surface area contributed by atoms with Crippen molar-refractivity contribution < 1.29 is 14.3 Å². The maximum atomic E-state index is 12.7. The average Bonchev–Trinajstić information content (AvgIpc) is 2.46. The fraction of sp³-hybridized carbons (Fsp3) is 0. The van der Waals surface area contributed by atoms with E-state index in [4.69, 9.17) is 5.11 Å². The summed E-state index contributed by atoms with van der Waals surface area (Å²) in [7, 11) is 0. The van der Waals surface area contributed by atoms with Gasteiger partial charge in [-0.1, -0.05) is 36.4 Å². The first-order chi connectivity index (χ1) is 9.63. The molecule has 3 heteroatoms. The number of aromatic hydroxyl groups is 1. The third kappa shape index (κ3) is 4.21. The van der Waals surface area contributed by atoms with Gasteiger partial charge in [0.1, 0.15) is 11.6 Å². The highest BCUT2D eigenvalue weighted by atomic mass is 19.1. The minimum atomic E-state index is -0.305. The molecule has 0 radical (unpaired) electrons. The predicted molar refractivity (Wildman–Crippen MR) is 77.6 cm³/mol. The number of rotatable bonds is 4. The van der Waals surface area contributed by atoms with Crippen LogP contribution in [0.1, 0.15) is 11.1 Å². The van der Waals surface area contributed by atoms with Crippen molar-refractivity contribution in [1.82, 2.24) is 0 Å². The quantitative estimate of drug-likeness (QED) is 0.856. The molecule has 0 aromatic heterocycles. The highest BCUT2D eigenvalue weighted by Gasteiger charge is 1.93. The molecule has 0 saturated heterocycles. The highest BCUT2D eigenvalue weighted by molar-refractivity contribution is 6.04. The van der Waals surface area contributed by atoms with Crippen LogP contribution in [0.2, 0.25) is 0 Å². The lowest BCUT2D eigenvalue weighted by Gasteiger charge is -1.93. The molecule has 2 nitrogen and oxygen atoms in total. The summed E-state index contributed by atoms with van der Waals surface area (Å²) in [4.78, 5) is 11.6. The van der Waals surface area contributed by atoms with E-state index in [0.29, 0.717) is 0 Å². The van der Waals surface area contributed by atoms with Crippen molar-refractivity contribution in [1.29, 1.82) is 0 Å². The molecule has 0 unspecified atom stereocenters. The Bertz CT molecular complexity index is 580. The van der Waals surface area contributed by atoms with Crippen molar-refractivity contribution in [2.75, 3.05) is 0 Å². The van der Waals surface area contributed by atoms with E-state index in [1.165, 1.54) is 24.3 Å². The Balaban J connectivity index is 1.98. The Morgan fingerprint density at radius 2 is 1.30 bits per heavy atom. The Labute approximate surface area is 116 Å². The number of benzene rings is 2. The number of carbonyl (C=O) groups excluding carboxylic acids is 1. The molecule has 0 aliphatic carbocycles. The van der Waals surface area contributed by atoms with Gasteiger partial charge in [0.25, 0.3) is 0 Å². The number of hydrogen-bond acceptors (Lipinski definition) is 2. The molecule has 2 aromatic carbocycles. The SMILES string of the molecule is O=C(C=Cc1ccc(O)cc1)C=Cc1ccc(F)cc1. The molecule has 0 bridgehead atoms. The summed E-state index contributed by atoms with van der Waals surface area (Å²) in [5, 5.41) is 9.13. The van der Waals surface area contributed by atoms with Crippen molar-refractivity contribution in [3.8, 4) is 5.75 Å². The van der Waals surface area contributed by atoms with Crippen LogP contribution in [0.25, 0.3) is 12.2 Å². The molecule has 2 aromatic rings. The van der Waals surface area contributed by atoms with Gasteiger partial charge in [-0.2, -0.15) is 0 Å². The highest BCUT2D eigenvalue weighted by Crippen LogP contribution is 2.11. The van der Waals surface area contributed by atoms with Crippen molar-refractivity contribution >= 4 is 17.9 Å². The molecule has 100 valence electrons. The first-order valence-corrected chi connectivity index (χ1v) is 6.08. The van der Waals surface area contributed by atoms with E-state index < -0.39 is 0 Å². The van der Waals surface area contributed by atoms with Gasteiger partial charge in [-0.15, -0.1) is 0 Å². The summed E-state index contributed by atoms with van der Waals surface area (Å²) >= 11 is 0. The predicted octanol–water partition coefficient (Wildman–Crippen LogP) is 3.83. The molecule has 0 amide bonds. The van der Waals surface area contributed by atoms with Crippen molar-refractivity contribution in [3.63, 3.8) is 0 Å². The standard InChI is InChI=1S/C17H13FO2/c18-15-7-1-13(2-8-15)3-9-16(19)10-4-14-5-11-17(20)12-6-14/h1-12,20H. The average molecular weight is 268 g/mol. The Morgan fingerprint density at radius 3 is 1.80 bits per heavy atom. The maximum absolute atomic E-state index is 12.7. The van der Waals surface area contributed by atoms with Gasteiger partial charge >= 0.3 is 0 Å². The van der Waals surface area contributed by atoms with E-state index in [0.717, 1.165) is 11.1 Å². The van der Waals surface area contributed by atoms with Crippen molar-refractivity contribution in [2.24, 2.45) is 0 Å². The summed E-state index contributed by atoms with van der Waals surface area (Å²) in [6.45, 7) is 0. The van der Waals surface area contributed by atoms with Crippen molar-refractivity contribution in [2.45, 2.75) is 0 Å². The minimum absolute atomic E-state index is 0.164. The zero-order chi connectivity index (χ0) is 14.4. The van der Waals surface area contributed by atoms with Gasteiger partial charge in [-0.05, 0) is 47.5 Å². The van der Waals surface area contributed by atoms with Gasteiger partial charge in [0.05, 0.1) is 0 Å². The molecule has 0 atom stereocenters. The van der Waals surface area contributed by atoms with Crippen LogP contribution in [0.5, 0.6) is 5.75 Å². The molecule has 0 heterocycles. The number of phenolic OH excluding ortho intramolecular Hbond substituents is 1. The van der Waals surface area contributed by atoms with E-state index in [1.807, 2.05) is 0 Å². The first-order valence-electron chi connectivity index (χ1n) is 6.08. The van der Waals surface area contributed by atoms with Crippen LogP contribution >= 0.6 is 0 Å². The van der Waals surface area contributed by atoms with Crippen LogP contribution in [0.3, 0.4) is 0 Å². The zero-order valence-corrected chi connectivity index (χ0v) is 10.7. The number of halogens is 1. The zero-order valence-electron chi connectivity index (χ0n) is 10.7. The second-order valence-corrected chi connectivity index (χ2v) is 4.21. The fourth-order valence-electron chi connectivity index (χ4n) is 1.57. The van der Waals surface area contributed by atoms with Crippen LogP contribution in [0.15, 0.2) is 60.7 Å². The smallest absolute Gasteiger partial charge is 0.178 e. The molecule has 0 aliphatic rings. The summed E-state index contributed by atoms with van der Waals surface area (Å²) in [6.07, 6.45) is 6.15. The Kier molecular flexibility index (Phi) is 4.45. The fourth-order valence-corrected chi connectivity index (χ4v) is 1.57. The molecule has 1 N–H and O–H groups in total. The second kappa shape index (κ2) is 6.48. The number of hydrogen-bond donors (Lipinski definition) is 1. The van der Waals surface area contributed by atoms with Gasteiger partial charge in [-0.25, -0.2) is 4.39 Å². The van der Waals surface area contributed by atoms with E-state index in [1.54, 1.807) is 48.6 Å². The molecule has 0 aliphatic heterocycles. The lowest BCUT2D eigenvalue weighted by molar-refractivity contribution is -0.110. The van der Waals surface area contributed by atoms with Crippen LogP contribution < -0.4 is 0 Å². The molecular formula is C17H13FO2. The van der Waals surface area contributed by atoms with E-state index in [9.17, 15) is 9.18 Å². The third-order valence-corrected chi connectivity index (χ3v) is 2.64. The molecule has 2 rings (SSSR count). The normalized spacial score (nSPS) is 11.2. The summed E-state index contributed by atoms with van der Waals surface area (Å²) in [5.74, 6) is -0.284. The van der Waals surface area contributed by atoms with Crippen LogP contribution in [0.4, 0.5) is 4.39 Å². The number of phenols is 1. The largest absolute Gasteiger partial charge is 0.508 e. The summed E-state index contributed by atoms with van der Waals surface area (Å²) in [6, 6.07) is 12.4. The Hall–Kier alpha value is -2.68. The molecule has 0 saturated carbocycles. The van der Waals surface area contributed by atoms with Gasteiger partial charge in [-0.3, -0.25) is 4.79 Å². The Morgan fingerprint density at radius 1 is 0.850 bits per heavy atom. The first kappa shape index (κ1) is 13.7. The minimum Gasteiger partial charge on any atom is -0.508 e. The molecule has 0 spiro atoms. The van der Waals surface area contributed by atoms with E-state index >= 15 is 0 Å². The van der Waals surface area contributed by atoms with Crippen LogP contribution in [-0.4, -0.2) is 10.9 Å². The van der Waals surface area contributed by atoms with Gasteiger partial charge < -0.3 is 5.11 Å². The van der Waals surface area contributed by atoms with E-state index in [2.05, 4.69) is 0 Å². The van der Waals surface area contributed by atoms with Crippen LogP contribution in [0, 0.1) is 5.82 Å². The molecular weight excluding hydrogens is 255 g/mol. The van der Waals surface area contributed by atoms with Gasteiger partial charge in [0.15, 0.2) is 5.78 Å². The number of allylic oxidation sites excluding steroid dienone is 2. The maximum Gasteiger partial charge on any atom is 0.178 e. The molecule has 0 fully saturated rings. The lowest BCUT2D eigenvalue weighted by atomic mass is 10.1. The van der Waals surface area contributed by atoms with Gasteiger partial charge in [0.2, 0.25) is 0 Å². The van der Waals surface area contributed by atoms with Gasteiger partial charge in [0, 0.05) is 0 Å². The number of carbonyl (C=O) groups is 1. The lowest BCUT2D eigenvalue weighted by Crippen LogP contribution is -1.85. The summed E-state index contributed by atoms with van der Waals surface area (Å²) in [5.41, 5.74) is 1.59. The molecule has 20 heavy (non-hydrogen) atoms. The third-order valence-electron chi connectivity index (χ3n) is 2.64. The summed E-state index contributed by atoms with van der Waals surface area (Å²) < 4.78 is 12.7. The van der Waals surface area contributed by atoms with Crippen LogP contribution in [-0.2, 0) is 4.79 Å².